The smallest absolute Gasteiger partial charge is 0.259 e. The number of carbonyl (C=O) groups excluding carboxylic acids is 2. The molecule has 0 spiro atoms. The molecule has 0 saturated heterocycles. The number of para-hydroxylation sites is 2. The number of hydrogen-bond acceptors (Lipinski definition) is 12. The maximum absolute atomic E-state index is 10.7. The van der Waals surface area contributed by atoms with E-state index in [0.29, 0.717) is 75.7 Å². The number of allylic oxidation sites excluding steroid dienone is 2. The Hall–Kier alpha value is -2.64. The molecule has 1 unspecified atom stereocenters. The van der Waals surface area contributed by atoms with Crippen LogP contribution in [-0.4, -0.2) is 130 Å². The van der Waals surface area contributed by atoms with Crippen LogP contribution < -0.4 is 0 Å². The van der Waals surface area contributed by atoms with E-state index in [1.165, 1.54) is 12.2 Å². The van der Waals surface area contributed by atoms with Crippen molar-refractivity contribution >= 4 is 120 Å². The molecular weight excluding hydrogens is 1330 g/mol. The summed E-state index contributed by atoms with van der Waals surface area (Å²) >= 11 is 3.23. The van der Waals surface area contributed by atoms with E-state index in [4.69, 9.17) is 32.4 Å². The minimum absolute atomic E-state index is 0.187. The second-order valence-corrected chi connectivity index (χ2v) is 37.6. The Morgan fingerprint density at radius 1 is 0.693 bits per heavy atom. The van der Waals surface area contributed by atoms with Gasteiger partial charge in [-0.25, -0.2) is 27.2 Å². The predicted molar refractivity (Wildman–Crippen MR) is 343 cm³/mol. The van der Waals surface area contributed by atoms with Crippen molar-refractivity contribution in [3.8, 4) is 0 Å². The molecule has 2 aromatic heterocycles. The average Bonchev–Trinajstić information content (AvgIpc) is 4.14. The SMILES string of the molecule is C1=NN=NC1.O=C/C=C/c1cn(CCCO)c2ccccc12.[2H]I(I)I.[C-]#[N+]CCOP(N(C(C)C)C(C)C)N(C(C)C)C(C)C.[C-]#[N+]CCOP(OCCCn1cc(/C=C/C=O)c2ccccc21)N(C(C)C)C(C)C. The monoisotopic (exact) mass is 1410 g/mol. The van der Waals surface area contributed by atoms with Gasteiger partial charge in [-0.3, -0.25) is 9.59 Å². The number of hydrogen-bond donors (Lipinski definition) is 1. The average molecular weight is 1410 g/mol. The van der Waals surface area contributed by atoms with Crippen LogP contribution in [0.5, 0.6) is 0 Å². The molecule has 0 fully saturated rings. The Balaban J connectivity index is 0.000000544. The molecule has 2 aromatic carbocycles. The van der Waals surface area contributed by atoms with Crippen molar-refractivity contribution in [3.63, 3.8) is 0 Å². The molecule has 0 aliphatic carbocycles. The zero-order valence-corrected chi connectivity index (χ0v) is 54.3. The first-order valence-electron chi connectivity index (χ1n) is 25.6. The minimum atomic E-state index is -1.20. The summed E-state index contributed by atoms with van der Waals surface area (Å²) in [6.45, 7) is 44.9. The maximum Gasteiger partial charge on any atom is 0.259 e. The summed E-state index contributed by atoms with van der Waals surface area (Å²) in [5.41, 5.74) is 4.34. The van der Waals surface area contributed by atoms with Crippen molar-refractivity contribution in [1.29, 1.82) is 0.594 Å². The summed E-state index contributed by atoms with van der Waals surface area (Å²) in [5, 5.41) is 21.3. The van der Waals surface area contributed by atoms with Crippen LogP contribution in [0.2, 0.25) is 0 Å². The van der Waals surface area contributed by atoms with Gasteiger partial charge in [0.2, 0.25) is 13.1 Å². The van der Waals surface area contributed by atoms with Crippen molar-refractivity contribution in [2.24, 2.45) is 15.4 Å². The largest absolute Gasteiger partial charge is 0.347 e. The molecule has 1 atom stereocenters. The van der Waals surface area contributed by atoms with Gasteiger partial charge in [-0.15, -0.1) is 5.10 Å². The quantitative estimate of drug-likeness (QED) is 0.0154. The fourth-order valence-corrected chi connectivity index (χ4v) is 11.9. The maximum atomic E-state index is 10.7. The van der Waals surface area contributed by atoms with Gasteiger partial charge in [0, 0.05) is 101 Å². The molecule has 1 aliphatic heterocycles. The Bertz CT molecular complexity index is 2380. The molecule has 1 N–H and O–H groups in total. The summed E-state index contributed by atoms with van der Waals surface area (Å²) in [4.78, 5) is 27.8. The van der Waals surface area contributed by atoms with Crippen molar-refractivity contribution in [3.05, 3.63) is 107 Å². The van der Waals surface area contributed by atoms with Crippen LogP contribution in [0.3, 0.4) is 0 Å². The molecule has 0 bridgehead atoms. The van der Waals surface area contributed by atoms with Crippen molar-refractivity contribution < 1.29 is 28.3 Å². The number of aliphatic hydroxyl groups is 1. The molecule has 21 heteroatoms. The molecule has 0 amide bonds. The van der Waals surface area contributed by atoms with Gasteiger partial charge >= 0.3 is 50.9 Å². The molecule has 16 nitrogen and oxygen atoms in total. The number of aromatic nitrogens is 2. The normalized spacial score (nSPS) is 12.9. The standard InChI is InChI=1S/C23H32N3O3P.C15H32N3OP.C14H15NO2.C2H3N3.HI3/c1-19(2)26(20(3)4)30(29-17-13-24-5)28-16-9-14-25-18-21(10-8-15-27)22-11-6-7-12-23(22)25;1-12(2)17(13(3)4)20(19-11-10-16-9)18(14(5)6)15(7)8;16-9-3-5-12-11-15(8-4-10-17)14-7-2-1-6-13(12)14;1-2-4-5-3-1;1-3-2/h6-8,10-12,15,18-20H,9,13-14,16-17H2,1-4H3;12-15H,10-11H2,1-8H3;1-3,5-7,9,11,17H,4,8,10H2;1H,2H2;3H/b10-8+;;5-3+;;/i;;;;3D. The summed E-state index contributed by atoms with van der Waals surface area (Å²) in [7, 11) is -2.04. The number of aliphatic hydroxyl groups excluding tert-OH is 1. The van der Waals surface area contributed by atoms with E-state index in [2.05, 4.69) is 187 Å². The fourth-order valence-electron chi connectivity index (χ4n) is 7.99. The number of aldehydes is 2. The van der Waals surface area contributed by atoms with E-state index in [-0.39, 0.29) is 6.61 Å². The Morgan fingerprint density at radius 3 is 1.47 bits per heavy atom. The summed E-state index contributed by atoms with van der Waals surface area (Å²) in [6.07, 6.45) is 15.6. The van der Waals surface area contributed by atoms with Crippen molar-refractivity contribution in [2.45, 2.75) is 145 Å². The molecule has 0 saturated carbocycles. The molecule has 416 valence electrons. The third-order valence-electron chi connectivity index (χ3n) is 10.6. The van der Waals surface area contributed by atoms with Crippen LogP contribution in [-0.2, 0) is 36.2 Å². The number of fused-ring (bicyclic) bond motifs is 2. The number of aryl methyl sites for hydroxylation is 2. The molecule has 3 heterocycles. The van der Waals surface area contributed by atoms with E-state index in [1.807, 2.05) is 54.7 Å². The first-order valence-corrected chi connectivity index (χ1v) is 40.1. The van der Waals surface area contributed by atoms with Gasteiger partial charge in [0.1, 0.15) is 25.8 Å². The minimum Gasteiger partial charge on any atom is -0.347 e. The molecular formula is C54H83I3N10O6P2. The zero-order chi connectivity index (χ0) is 57.0. The summed E-state index contributed by atoms with van der Waals surface area (Å²) in [5.74, 6) is 0. The van der Waals surface area contributed by atoms with Crippen LogP contribution >= 0.6 is 67.3 Å². The predicted octanol–water partition coefficient (Wildman–Crippen LogP) is 15.0. The second kappa shape index (κ2) is 42.3. The van der Waals surface area contributed by atoms with E-state index in [9.17, 15) is 9.59 Å². The molecule has 0 radical (unpaired) electrons. The van der Waals surface area contributed by atoms with E-state index in [0.717, 1.165) is 71.4 Å². The van der Waals surface area contributed by atoms with Gasteiger partial charge < -0.3 is 37.5 Å². The van der Waals surface area contributed by atoms with E-state index < -0.39 is 30.0 Å². The van der Waals surface area contributed by atoms with Crippen LogP contribution in [0.25, 0.3) is 43.6 Å². The first-order chi connectivity index (χ1) is 36.3. The third kappa shape index (κ3) is 26.7. The number of nitrogens with zero attached hydrogens (tertiary/aromatic N) is 10. The first kappa shape index (κ1) is 68.5. The van der Waals surface area contributed by atoms with Crippen LogP contribution in [0.1, 0.15) is 107 Å². The van der Waals surface area contributed by atoms with Crippen LogP contribution in [0.15, 0.2) is 88.5 Å². The molecule has 75 heavy (non-hydrogen) atoms. The van der Waals surface area contributed by atoms with Gasteiger partial charge in [0.15, 0.2) is 8.45 Å². The Kier molecular flexibility index (Phi) is 38.6. The van der Waals surface area contributed by atoms with Gasteiger partial charge in [-0.05, 0) is 138 Å². The van der Waals surface area contributed by atoms with Crippen molar-refractivity contribution in [2.75, 3.05) is 46.1 Å². The second-order valence-electron chi connectivity index (χ2n) is 18.2. The summed E-state index contributed by atoms with van der Waals surface area (Å²) in [6, 6.07) is 18.5. The Morgan fingerprint density at radius 2 is 1.11 bits per heavy atom. The summed E-state index contributed by atoms with van der Waals surface area (Å²) < 4.78 is 36.4. The van der Waals surface area contributed by atoms with Gasteiger partial charge in [-0.1, -0.05) is 36.4 Å². The molecule has 1 aliphatic rings. The number of benzene rings is 2. The topological polar surface area (TPSA) is 147 Å². The molecule has 5 rings (SSSR count). The Labute approximate surface area is 481 Å². The van der Waals surface area contributed by atoms with Gasteiger partial charge in [0.25, 0.3) is 8.53 Å². The van der Waals surface area contributed by atoms with Gasteiger partial charge in [0.05, 0.1) is 19.4 Å². The van der Waals surface area contributed by atoms with E-state index >= 15 is 0 Å². The van der Waals surface area contributed by atoms with Crippen LogP contribution in [0, 0.1) is 13.1 Å². The zero-order valence-electron chi connectivity index (χ0n) is 47.0. The van der Waals surface area contributed by atoms with Gasteiger partial charge in [-0.2, -0.15) is 5.11 Å². The number of carbonyl (C=O) groups is 2. The fraction of sp³-hybridized carbons (Fsp3) is 0.537. The number of rotatable bonds is 27. The molecule has 4 aromatic rings. The third-order valence-corrected chi connectivity index (χ3v) is 15.7. The van der Waals surface area contributed by atoms with Crippen LogP contribution in [0.4, 0.5) is 0 Å². The number of halogens is 3. The van der Waals surface area contributed by atoms with Crippen molar-refractivity contribution in [1.82, 2.24) is 23.1 Å². The van der Waals surface area contributed by atoms with E-state index in [1.54, 1.807) is 6.21 Å².